The van der Waals surface area contributed by atoms with E-state index in [-0.39, 0.29) is 24.2 Å². The number of nitrogens with zero attached hydrogens (tertiary/aromatic N) is 1. The summed E-state index contributed by atoms with van der Waals surface area (Å²) < 4.78 is 0. The Morgan fingerprint density at radius 2 is 1.26 bits per heavy atom. The first-order chi connectivity index (χ1) is 18.5. The minimum absolute atomic E-state index is 0.0789. The number of rotatable bonds is 11. The predicted octanol–water partition coefficient (Wildman–Crippen LogP) is 6.64. The number of nitrogens with one attached hydrogen (secondary N) is 1. The van der Waals surface area contributed by atoms with E-state index in [0.717, 1.165) is 22.3 Å². The molecule has 0 fully saturated rings. The van der Waals surface area contributed by atoms with Crippen LogP contribution in [-0.2, 0) is 22.6 Å². The minimum Gasteiger partial charge on any atom is -0.355 e. The third kappa shape index (κ3) is 7.33. The molecule has 4 aromatic carbocycles. The maximum Gasteiger partial charge on any atom is 0.243 e. The lowest BCUT2D eigenvalue weighted by Crippen LogP contribution is -2.50. The first-order valence-electron chi connectivity index (χ1n) is 13.0. The highest BCUT2D eigenvalue weighted by Gasteiger charge is 2.32. The van der Waals surface area contributed by atoms with Crippen LogP contribution >= 0.6 is 11.6 Å². The Labute approximate surface area is 230 Å². The lowest BCUT2D eigenvalue weighted by Gasteiger charge is -2.33. The molecule has 194 valence electrons. The van der Waals surface area contributed by atoms with Crippen LogP contribution in [-0.4, -0.2) is 29.3 Å². The van der Waals surface area contributed by atoms with Gasteiger partial charge in [-0.1, -0.05) is 115 Å². The Bertz CT molecular complexity index is 1260. The highest BCUT2D eigenvalue weighted by atomic mass is 35.5. The van der Waals surface area contributed by atoms with Crippen molar-refractivity contribution in [3.05, 3.63) is 143 Å². The van der Waals surface area contributed by atoms with Crippen LogP contribution in [0.25, 0.3) is 0 Å². The fourth-order valence-electron chi connectivity index (χ4n) is 4.72. The molecule has 0 saturated carbocycles. The quantitative estimate of drug-likeness (QED) is 0.239. The standard InChI is InChI=1S/C33H33ClN2O2/c1-2-35-33(38)31(22-25-12-6-3-7-13-25)36(24-26-18-20-29(34)21-19-26)32(37)23-30(27-14-8-4-9-15-27)28-16-10-5-11-17-28/h3-21,30-31H,2,22-24H2,1H3,(H,35,38). The van der Waals surface area contributed by atoms with Crippen LogP contribution in [0.15, 0.2) is 115 Å². The molecule has 5 heteroatoms. The monoisotopic (exact) mass is 524 g/mol. The summed E-state index contributed by atoms with van der Waals surface area (Å²) in [7, 11) is 0. The molecule has 0 bridgehead atoms. The Balaban J connectivity index is 1.71. The van der Waals surface area contributed by atoms with Gasteiger partial charge in [0.15, 0.2) is 0 Å². The smallest absolute Gasteiger partial charge is 0.243 e. The van der Waals surface area contributed by atoms with Gasteiger partial charge in [-0.2, -0.15) is 0 Å². The minimum atomic E-state index is -0.660. The van der Waals surface area contributed by atoms with Gasteiger partial charge in [0.2, 0.25) is 11.8 Å². The van der Waals surface area contributed by atoms with E-state index in [0.29, 0.717) is 24.5 Å². The van der Waals surface area contributed by atoms with E-state index in [2.05, 4.69) is 29.6 Å². The van der Waals surface area contributed by atoms with E-state index < -0.39 is 6.04 Å². The molecule has 38 heavy (non-hydrogen) atoms. The van der Waals surface area contributed by atoms with Crippen LogP contribution in [0, 0.1) is 0 Å². The molecule has 4 rings (SSSR count). The molecule has 0 radical (unpaired) electrons. The summed E-state index contributed by atoms with van der Waals surface area (Å²) >= 11 is 6.13. The lowest BCUT2D eigenvalue weighted by molar-refractivity contribution is -0.141. The zero-order valence-corrected chi connectivity index (χ0v) is 22.4. The molecule has 0 aliphatic heterocycles. The maximum atomic E-state index is 14.2. The molecular formula is C33H33ClN2O2. The topological polar surface area (TPSA) is 49.4 Å². The highest BCUT2D eigenvalue weighted by Crippen LogP contribution is 2.30. The Morgan fingerprint density at radius 3 is 1.79 bits per heavy atom. The number of benzene rings is 4. The Kier molecular flexibility index (Phi) is 9.71. The number of hydrogen-bond acceptors (Lipinski definition) is 2. The molecule has 0 saturated heterocycles. The number of hydrogen-bond donors (Lipinski definition) is 1. The van der Waals surface area contributed by atoms with Crippen LogP contribution in [0.3, 0.4) is 0 Å². The normalized spacial score (nSPS) is 11.7. The number of likely N-dealkylation sites (N-methyl/N-ethyl adjacent to an activating group) is 1. The Morgan fingerprint density at radius 1 is 0.737 bits per heavy atom. The van der Waals surface area contributed by atoms with Gasteiger partial charge in [0, 0.05) is 36.9 Å². The van der Waals surface area contributed by atoms with E-state index in [4.69, 9.17) is 11.6 Å². The highest BCUT2D eigenvalue weighted by molar-refractivity contribution is 6.30. The number of carbonyl (C=O) groups is 2. The third-order valence-electron chi connectivity index (χ3n) is 6.67. The second kappa shape index (κ2) is 13.6. The van der Waals surface area contributed by atoms with E-state index in [1.54, 1.807) is 4.90 Å². The summed E-state index contributed by atoms with van der Waals surface area (Å²) in [5.74, 6) is -0.372. The zero-order chi connectivity index (χ0) is 26.7. The molecule has 0 aromatic heterocycles. The van der Waals surface area contributed by atoms with Crippen LogP contribution in [0.1, 0.15) is 41.5 Å². The largest absolute Gasteiger partial charge is 0.355 e. The average Bonchev–Trinajstić information content (AvgIpc) is 2.96. The lowest BCUT2D eigenvalue weighted by atomic mass is 9.87. The van der Waals surface area contributed by atoms with E-state index in [9.17, 15) is 9.59 Å². The first kappa shape index (κ1) is 27.2. The molecule has 0 heterocycles. The van der Waals surface area contributed by atoms with Gasteiger partial charge in [0.25, 0.3) is 0 Å². The fraction of sp³-hybridized carbons (Fsp3) is 0.212. The van der Waals surface area contributed by atoms with Crippen molar-refractivity contribution in [1.82, 2.24) is 10.2 Å². The molecule has 2 amide bonds. The van der Waals surface area contributed by atoms with E-state index >= 15 is 0 Å². The molecule has 4 nitrogen and oxygen atoms in total. The first-order valence-corrected chi connectivity index (χ1v) is 13.4. The van der Waals surface area contributed by atoms with Crippen molar-refractivity contribution in [2.75, 3.05) is 6.54 Å². The van der Waals surface area contributed by atoms with E-state index in [1.165, 1.54) is 0 Å². The van der Waals surface area contributed by atoms with Crippen molar-refractivity contribution in [3.8, 4) is 0 Å². The fourth-order valence-corrected chi connectivity index (χ4v) is 4.85. The summed E-state index contributed by atoms with van der Waals surface area (Å²) in [6.07, 6.45) is 0.666. The Hall–Kier alpha value is -3.89. The van der Waals surface area contributed by atoms with Crippen molar-refractivity contribution >= 4 is 23.4 Å². The van der Waals surface area contributed by atoms with Crippen molar-refractivity contribution in [1.29, 1.82) is 0 Å². The molecule has 0 aliphatic carbocycles. The SMILES string of the molecule is CCNC(=O)C(Cc1ccccc1)N(Cc1ccc(Cl)cc1)C(=O)CC(c1ccccc1)c1ccccc1. The maximum absolute atomic E-state index is 14.2. The summed E-state index contributed by atoms with van der Waals surface area (Å²) in [4.78, 5) is 29.4. The number of halogens is 1. The van der Waals surface area contributed by atoms with Gasteiger partial charge in [-0.05, 0) is 41.3 Å². The molecule has 1 atom stereocenters. The van der Waals surface area contributed by atoms with Crippen molar-refractivity contribution in [3.63, 3.8) is 0 Å². The van der Waals surface area contributed by atoms with Crippen LogP contribution in [0.5, 0.6) is 0 Å². The molecule has 1 N–H and O–H groups in total. The summed E-state index contributed by atoms with van der Waals surface area (Å²) in [6, 6.07) is 36.8. The number of carbonyl (C=O) groups excluding carboxylic acids is 2. The third-order valence-corrected chi connectivity index (χ3v) is 6.92. The van der Waals surface area contributed by atoms with Crippen molar-refractivity contribution in [2.24, 2.45) is 0 Å². The summed E-state index contributed by atoms with van der Waals surface area (Å²) in [5.41, 5.74) is 4.05. The number of amides is 2. The predicted molar refractivity (Wildman–Crippen MR) is 154 cm³/mol. The second-order valence-electron chi connectivity index (χ2n) is 9.33. The molecule has 1 unspecified atom stereocenters. The second-order valence-corrected chi connectivity index (χ2v) is 9.76. The molecular weight excluding hydrogens is 492 g/mol. The summed E-state index contributed by atoms with van der Waals surface area (Å²) in [6.45, 7) is 2.69. The van der Waals surface area contributed by atoms with Gasteiger partial charge in [-0.15, -0.1) is 0 Å². The van der Waals surface area contributed by atoms with Gasteiger partial charge < -0.3 is 10.2 Å². The van der Waals surface area contributed by atoms with Gasteiger partial charge in [0.1, 0.15) is 6.04 Å². The molecule has 0 aliphatic rings. The van der Waals surface area contributed by atoms with Gasteiger partial charge in [0.05, 0.1) is 0 Å². The zero-order valence-electron chi connectivity index (χ0n) is 21.6. The van der Waals surface area contributed by atoms with Gasteiger partial charge in [-0.3, -0.25) is 9.59 Å². The van der Waals surface area contributed by atoms with E-state index in [1.807, 2.05) is 97.9 Å². The van der Waals surface area contributed by atoms with Crippen molar-refractivity contribution in [2.45, 2.75) is 38.3 Å². The van der Waals surface area contributed by atoms with Crippen molar-refractivity contribution < 1.29 is 9.59 Å². The molecule has 4 aromatic rings. The van der Waals surface area contributed by atoms with Crippen LogP contribution in [0.2, 0.25) is 5.02 Å². The molecule has 0 spiro atoms. The van der Waals surface area contributed by atoms with Crippen LogP contribution < -0.4 is 5.32 Å². The van der Waals surface area contributed by atoms with Gasteiger partial charge in [-0.25, -0.2) is 0 Å². The average molecular weight is 525 g/mol. The van der Waals surface area contributed by atoms with Gasteiger partial charge >= 0.3 is 0 Å². The summed E-state index contributed by atoms with van der Waals surface area (Å²) in [5, 5.41) is 3.59. The van der Waals surface area contributed by atoms with Crippen LogP contribution in [0.4, 0.5) is 0 Å².